The Balaban J connectivity index is 1.71. The summed E-state index contributed by atoms with van der Waals surface area (Å²) in [6.45, 7) is 0.528. The van der Waals surface area contributed by atoms with Crippen molar-refractivity contribution < 1.29 is 4.79 Å². The highest BCUT2D eigenvalue weighted by atomic mass is 32.1. The van der Waals surface area contributed by atoms with Crippen LogP contribution in [0, 0.1) is 0 Å². The van der Waals surface area contributed by atoms with Crippen molar-refractivity contribution in [2.24, 2.45) is 0 Å². The molecule has 0 bridgehead atoms. The van der Waals surface area contributed by atoms with Crippen LogP contribution in [0.4, 0.5) is 0 Å². The van der Waals surface area contributed by atoms with Crippen molar-refractivity contribution in [1.82, 2.24) is 30.4 Å². The Bertz CT molecular complexity index is 788. The average molecular weight is 370 g/mol. The van der Waals surface area contributed by atoms with E-state index in [0.29, 0.717) is 13.0 Å². The number of amides is 1. The second-order valence-electron chi connectivity index (χ2n) is 6.24. The molecule has 0 fully saturated rings. The van der Waals surface area contributed by atoms with Crippen LogP contribution in [0.1, 0.15) is 22.5 Å². The first kappa shape index (κ1) is 18.2. The summed E-state index contributed by atoms with van der Waals surface area (Å²) in [5.74, 6) is -0.0930. The van der Waals surface area contributed by atoms with E-state index in [4.69, 9.17) is 0 Å². The normalized spacial score (nSPS) is 13.5. The third kappa shape index (κ3) is 4.53. The standard InChI is InChI=1S/C18H22N6OS/c1-23(2)16(17-9-6-10-26-17)12-19-18(25)15(24-13-20-21-22-24)11-14-7-4-3-5-8-14/h3-10,13,15-16H,11-12H2,1-2H3,(H,19,25). The Kier molecular flexibility index (Phi) is 6.08. The molecule has 0 spiro atoms. The summed E-state index contributed by atoms with van der Waals surface area (Å²) in [6, 6.07) is 13.6. The summed E-state index contributed by atoms with van der Waals surface area (Å²) in [4.78, 5) is 16.2. The zero-order chi connectivity index (χ0) is 18.4. The van der Waals surface area contributed by atoms with E-state index in [1.807, 2.05) is 55.9 Å². The van der Waals surface area contributed by atoms with E-state index in [9.17, 15) is 4.79 Å². The maximum atomic E-state index is 12.9. The van der Waals surface area contributed by atoms with Gasteiger partial charge in [-0.1, -0.05) is 36.4 Å². The van der Waals surface area contributed by atoms with Crippen molar-refractivity contribution in [3.63, 3.8) is 0 Å². The molecule has 0 radical (unpaired) electrons. The first-order valence-corrected chi connectivity index (χ1v) is 9.27. The molecule has 1 aromatic carbocycles. The van der Waals surface area contributed by atoms with Crippen LogP contribution in [0.3, 0.4) is 0 Å². The number of aromatic nitrogens is 4. The van der Waals surface area contributed by atoms with Crippen LogP contribution in [-0.4, -0.2) is 51.7 Å². The van der Waals surface area contributed by atoms with E-state index in [1.165, 1.54) is 15.9 Å². The summed E-state index contributed by atoms with van der Waals surface area (Å²) >= 11 is 1.69. The molecule has 26 heavy (non-hydrogen) atoms. The van der Waals surface area contributed by atoms with Gasteiger partial charge in [-0.2, -0.15) is 0 Å². The highest BCUT2D eigenvalue weighted by Gasteiger charge is 2.24. The highest BCUT2D eigenvalue weighted by Crippen LogP contribution is 2.22. The molecule has 2 aromatic heterocycles. The van der Waals surface area contributed by atoms with Crippen LogP contribution >= 0.6 is 11.3 Å². The molecule has 2 unspecified atom stereocenters. The Hall–Kier alpha value is -2.58. The molecular weight excluding hydrogens is 348 g/mol. The molecule has 3 rings (SSSR count). The van der Waals surface area contributed by atoms with Crippen molar-refractivity contribution in [2.75, 3.05) is 20.6 Å². The Morgan fingerprint density at radius 3 is 2.65 bits per heavy atom. The first-order chi connectivity index (χ1) is 12.6. The van der Waals surface area contributed by atoms with Crippen LogP contribution in [0.25, 0.3) is 0 Å². The lowest BCUT2D eigenvalue weighted by atomic mass is 10.1. The topological polar surface area (TPSA) is 75.9 Å². The van der Waals surface area contributed by atoms with Gasteiger partial charge in [0.25, 0.3) is 0 Å². The molecule has 0 aliphatic rings. The van der Waals surface area contributed by atoms with Crippen molar-refractivity contribution >= 4 is 17.2 Å². The lowest BCUT2D eigenvalue weighted by Crippen LogP contribution is -2.39. The van der Waals surface area contributed by atoms with Gasteiger partial charge in [0.15, 0.2) is 0 Å². The number of tetrazole rings is 1. The van der Waals surface area contributed by atoms with Crippen molar-refractivity contribution in [2.45, 2.75) is 18.5 Å². The summed E-state index contributed by atoms with van der Waals surface area (Å²) in [5.41, 5.74) is 1.06. The van der Waals surface area contributed by atoms with E-state index in [0.717, 1.165) is 5.56 Å². The molecule has 1 N–H and O–H groups in total. The second kappa shape index (κ2) is 8.68. The van der Waals surface area contributed by atoms with E-state index in [1.54, 1.807) is 11.3 Å². The molecule has 3 aromatic rings. The number of carbonyl (C=O) groups is 1. The average Bonchev–Trinajstić information content (AvgIpc) is 3.34. The summed E-state index contributed by atoms with van der Waals surface area (Å²) in [5, 5.41) is 16.4. The van der Waals surface area contributed by atoms with Crippen molar-refractivity contribution in [3.05, 3.63) is 64.6 Å². The van der Waals surface area contributed by atoms with Gasteiger partial charge in [-0.05, 0) is 41.5 Å². The molecule has 1 amide bonds. The van der Waals surface area contributed by atoms with Gasteiger partial charge in [0.05, 0.1) is 6.04 Å². The van der Waals surface area contributed by atoms with Gasteiger partial charge >= 0.3 is 0 Å². The number of carbonyl (C=O) groups excluding carboxylic acids is 1. The molecule has 8 heteroatoms. The molecule has 0 saturated carbocycles. The van der Waals surface area contributed by atoms with Crippen LogP contribution in [0.15, 0.2) is 54.2 Å². The van der Waals surface area contributed by atoms with Gasteiger partial charge in [-0.3, -0.25) is 4.79 Å². The van der Waals surface area contributed by atoms with Gasteiger partial charge in [-0.15, -0.1) is 16.4 Å². The molecule has 2 atom stereocenters. The van der Waals surface area contributed by atoms with Crippen molar-refractivity contribution in [3.8, 4) is 0 Å². The fourth-order valence-corrected chi connectivity index (χ4v) is 3.71. The van der Waals surface area contributed by atoms with E-state index in [2.05, 4.69) is 31.8 Å². The maximum Gasteiger partial charge on any atom is 0.245 e. The van der Waals surface area contributed by atoms with Crippen molar-refractivity contribution in [1.29, 1.82) is 0 Å². The molecular formula is C18H22N6OS. The molecule has 0 aliphatic heterocycles. The van der Waals surface area contributed by atoms with Gasteiger partial charge in [-0.25, -0.2) is 4.68 Å². The molecule has 136 valence electrons. The van der Waals surface area contributed by atoms with E-state index >= 15 is 0 Å². The van der Waals surface area contributed by atoms with Gasteiger partial charge in [0.1, 0.15) is 12.4 Å². The van der Waals surface area contributed by atoms with Crippen LogP contribution < -0.4 is 5.32 Å². The number of benzene rings is 1. The minimum atomic E-state index is -0.487. The predicted octanol–water partition coefficient (Wildman–Crippen LogP) is 1.94. The van der Waals surface area contributed by atoms with Gasteiger partial charge in [0.2, 0.25) is 5.91 Å². The molecule has 0 aliphatic carbocycles. The quantitative estimate of drug-likeness (QED) is 0.656. The lowest BCUT2D eigenvalue weighted by molar-refractivity contribution is -0.124. The first-order valence-electron chi connectivity index (χ1n) is 8.39. The largest absolute Gasteiger partial charge is 0.352 e. The minimum Gasteiger partial charge on any atom is -0.352 e. The smallest absolute Gasteiger partial charge is 0.245 e. The summed E-state index contributed by atoms with van der Waals surface area (Å²) < 4.78 is 1.51. The lowest BCUT2D eigenvalue weighted by Gasteiger charge is -2.25. The third-order valence-electron chi connectivity index (χ3n) is 4.22. The number of rotatable bonds is 8. The summed E-state index contributed by atoms with van der Waals surface area (Å²) in [7, 11) is 4.03. The Labute approximate surface area is 156 Å². The number of nitrogens with zero attached hydrogens (tertiary/aromatic N) is 5. The number of likely N-dealkylation sites (N-methyl/N-ethyl adjacent to an activating group) is 1. The van der Waals surface area contributed by atoms with Gasteiger partial charge < -0.3 is 10.2 Å². The fourth-order valence-electron chi connectivity index (χ4n) is 2.79. The number of thiophene rings is 1. The van der Waals surface area contributed by atoms with E-state index in [-0.39, 0.29) is 11.9 Å². The second-order valence-corrected chi connectivity index (χ2v) is 7.21. The molecule has 7 nitrogen and oxygen atoms in total. The Morgan fingerprint density at radius 1 is 1.23 bits per heavy atom. The van der Waals surface area contributed by atoms with Crippen LogP contribution in [-0.2, 0) is 11.2 Å². The molecule has 0 saturated heterocycles. The maximum absolute atomic E-state index is 12.9. The number of hydrogen-bond donors (Lipinski definition) is 1. The predicted molar refractivity (Wildman–Crippen MR) is 101 cm³/mol. The number of hydrogen-bond acceptors (Lipinski definition) is 6. The Morgan fingerprint density at radius 2 is 2.04 bits per heavy atom. The van der Waals surface area contributed by atoms with E-state index < -0.39 is 6.04 Å². The third-order valence-corrected chi connectivity index (χ3v) is 5.20. The summed E-state index contributed by atoms with van der Waals surface area (Å²) in [6.07, 6.45) is 2.01. The monoisotopic (exact) mass is 370 g/mol. The molecule has 2 heterocycles. The SMILES string of the molecule is CN(C)C(CNC(=O)C(Cc1ccccc1)n1cnnn1)c1cccs1. The zero-order valence-electron chi connectivity index (χ0n) is 14.8. The zero-order valence-corrected chi connectivity index (χ0v) is 15.6. The highest BCUT2D eigenvalue weighted by molar-refractivity contribution is 7.10. The van der Waals surface area contributed by atoms with Crippen LogP contribution in [0.5, 0.6) is 0 Å². The number of nitrogens with one attached hydrogen (secondary N) is 1. The van der Waals surface area contributed by atoms with Crippen LogP contribution in [0.2, 0.25) is 0 Å². The minimum absolute atomic E-state index is 0.0930. The van der Waals surface area contributed by atoms with Gasteiger partial charge in [0, 0.05) is 17.8 Å². The fraction of sp³-hybridized carbons (Fsp3) is 0.333.